The fourth-order valence-corrected chi connectivity index (χ4v) is 4.80. The molecule has 3 rings (SSSR count). The van der Waals surface area contributed by atoms with Gasteiger partial charge in [0.05, 0.1) is 37.3 Å². The van der Waals surface area contributed by atoms with Crippen LogP contribution < -0.4 is 4.31 Å². The quantitative estimate of drug-likeness (QED) is 0.187. The first-order chi connectivity index (χ1) is 16.5. The molecule has 180 valence electrons. The molecule has 35 heavy (non-hydrogen) atoms. The molecule has 13 nitrogen and oxygen atoms in total. The van der Waals surface area contributed by atoms with Crippen molar-refractivity contribution >= 4 is 44.8 Å². The topological polar surface area (TPSA) is 179 Å². The fraction of sp³-hybridized carbons (Fsp3) is 0.0952. The van der Waals surface area contributed by atoms with Crippen molar-refractivity contribution in [3.63, 3.8) is 0 Å². The van der Waals surface area contributed by atoms with E-state index in [9.17, 15) is 38.8 Å². The standard InChI is InChI=1S/C21H17N5O8S/c1-14-16(7-5-10-18(14)24(27)28)22-13-23(17-9-6-11-19(15(17)2)25(29)30)35(33,34)21-12-4-3-8-20(21)26(31)32/h3-13H,1-2H3. The Labute approximate surface area is 198 Å². The van der Waals surface area contributed by atoms with Gasteiger partial charge in [0.2, 0.25) is 0 Å². The molecule has 0 radical (unpaired) electrons. The summed E-state index contributed by atoms with van der Waals surface area (Å²) in [6.07, 6.45) is 0.810. The minimum atomic E-state index is -4.72. The normalized spacial score (nSPS) is 11.4. The second-order valence-electron chi connectivity index (χ2n) is 7.13. The molecule has 0 N–H and O–H groups in total. The van der Waals surface area contributed by atoms with Gasteiger partial charge in [0.15, 0.2) is 4.90 Å². The highest BCUT2D eigenvalue weighted by atomic mass is 32.2. The Morgan fingerprint density at radius 3 is 1.86 bits per heavy atom. The number of anilines is 1. The van der Waals surface area contributed by atoms with Crippen LogP contribution in [0.5, 0.6) is 0 Å². The van der Waals surface area contributed by atoms with Gasteiger partial charge in [-0.15, -0.1) is 0 Å². The second-order valence-corrected chi connectivity index (χ2v) is 8.91. The third kappa shape index (κ3) is 4.81. The van der Waals surface area contributed by atoms with Crippen LogP contribution in [0, 0.1) is 44.2 Å². The van der Waals surface area contributed by atoms with Crippen LogP contribution in [0.15, 0.2) is 70.6 Å². The van der Waals surface area contributed by atoms with Crippen molar-refractivity contribution in [1.29, 1.82) is 0 Å². The Balaban J connectivity index is 2.28. The predicted octanol–water partition coefficient (Wildman–Crippen LogP) is 4.58. The molecule has 0 atom stereocenters. The van der Waals surface area contributed by atoms with Crippen molar-refractivity contribution in [2.45, 2.75) is 18.7 Å². The van der Waals surface area contributed by atoms with Gasteiger partial charge in [-0.05, 0) is 32.0 Å². The molecule has 0 aliphatic rings. The van der Waals surface area contributed by atoms with E-state index in [0.717, 1.165) is 18.5 Å². The summed E-state index contributed by atoms with van der Waals surface area (Å²) in [5.74, 6) is 0. The van der Waals surface area contributed by atoms with E-state index in [1.54, 1.807) is 0 Å². The molecule has 3 aromatic rings. The molecule has 0 unspecified atom stereocenters. The van der Waals surface area contributed by atoms with Crippen LogP contribution in [0.2, 0.25) is 0 Å². The number of hydrogen-bond acceptors (Lipinski definition) is 9. The van der Waals surface area contributed by atoms with Gasteiger partial charge in [-0.1, -0.05) is 24.3 Å². The second kappa shape index (κ2) is 9.64. The van der Waals surface area contributed by atoms with Gasteiger partial charge in [-0.25, -0.2) is 17.7 Å². The third-order valence-corrected chi connectivity index (χ3v) is 6.79. The molecule has 0 saturated carbocycles. The van der Waals surface area contributed by atoms with E-state index in [1.807, 2.05) is 0 Å². The van der Waals surface area contributed by atoms with E-state index in [1.165, 1.54) is 62.4 Å². The van der Waals surface area contributed by atoms with Gasteiger partial charge in [0.1, 0.15) is 6.34 Å². The van der Waals surface area contributed by atoms with Gasteiger partial charge < -0.3 is 0 Å². The van der Waals surface area contributed by atoms with Crippen LogP contribution in [0.4, 0.5) is 28.4 Å². The average Bonchev–Trinajstić information content (AvgIpc) is 2.80. The van der Waals surface area contributed by atoms with E-state index < -0.39 is 35.4 Å². The predicted molar refractivity (Wildman–Crippen MR) is 127 cm³/mol. The molecular weight excluding hydrogens is 482 g/mol. The van der Waals surface area contributed by atoms with Crippen molar-refractivity contribution in [2.24, 2.45) is 4.99 Å². The first-order valence-electron chi connectivity index (χ1n) is 9.77. The molecule has 0 amide bonds. The molecule has 0 aromatic heterocycles. The Kier molecular flexibility index (Phi) is 6.86. The lowest BCUT2D eigenvalue weighted by Gasteiger charge is -2.21. The Morgan fingerprint density at radius 1 is 0.743 bits per heavy atom. The summed E-state index contributed by atoms with van der Waals surface area (Å²) >= 11 is 0. The average molecular weight is 499 g/mol. The molecule has 0 heterocycles. The van der Waals surface area contributed by atoms with Crippen molar-refractivity contribution in [1.82, 2.24) is 0 Å². The molecule has 14 heteroatoms. The minimum Gasteiger partial charge on any atom is -0.258 e. The summed E-state index contributed by atoms with van der Waals surface area (Å²) in [6.45, 7) is 2.74. The number of nitrogens with zero attached hydrogens (tertiary/aromatic N) is 5. The molecule has 0 fully saturated rings. The highest BCUT2D eigenvalue weighted by Crippen LogP contribution is 2.34. The van der Waals surface area contributed by atoms with Gasteiger partial charge in [0, 0.05) is 18.2 Å². The summed E-state index contributed by atoms with van der Waals surface area (Å²) in [5, 5.41) is 34.2. The Hall–Kier alpha value is -4.72. The highest BCUT2D eigenvalue weighted by Gasteiger charge is 2.33. The summed E-state index contributed by atoms with van der Waals surface area (Å²) in [6, 6.07) is 12.4. The molecule has 0 bridgehead atoms. The van der Waals surface area contributed by atoms with Crippen molar-refractivity contribution in [2.75, 3.05) is 4.31 Å². The zero-order valence-corrected chi connectivity index (χ0v) is 19.1. The molecule has 0 aliphatic heterocycles. The molecular formula is C21H17N5O8S. The van der Waals surface area contributed by atoms with Crippen LogP contribution >= 0.6 is 0 Å². The van der Waals surface area contributed by atoms with E-state index >= 15 is 0 Å². The number of nitro groups is 3. The van der Waals surface area contributed by atoms with Gasteiger partial charge in [-0.3, -0.25) is 30.3 Å². The highest BCUT2D eigenvalue weighted by molar-refractivity contribution is 7.93. The van der Waals surface area contributed by atoms with E-state index in [4.69, 9.17) is 0 Å². The maximum atomic E-state index is 13.6. The summed E-state index contributed by atoms with van der Waals surface area (Å²) in [7, 11) is -4.72. The Morgan fingerprint density at radius 2 is 1.26 bits per heavy atom. The van der Waals surface area contributed by atoms with Crippen LogP contribution in [0.25, 0.3) is 0 Å². The molecule has 3 aromatic carbocycles. The molecule has 0 aliphatic carbocycles. The number of sulfonamides is 1. The first-order valence-corrected chi connectivity index (χ1v) is 11.2. The SMILES string of the molecule is Cc1c(N=CN(c2cccc([N+](=O)[O-])c2C)S(=O)(=O)c2ccccc2[N+](=O)[O-])cccc1[N+](=O)[O-]. The zero-order valence-electron chi connectivity index (χ0n) is 18.3. The van der Waals surface area contributed by atoms with Gasteiger partial charge in [0.25, 0.3) is 27.1 Å². The summed E-state index contributed by atoms with van der Waals surface area (Å²) < 4.78 is 27.8. The fourth-order valence-electron chi connectivity index (χ4n) is 3.30. The number of para-hydroxylation sites is 1. The number of nitro benzene ring substituents is 3. The van der Waals surface area contributed by atoms with Crippen LogP contribution in [0.3, 0.4) is 0 Å². The lowest BCUT2D eigenvalue weighted by atomic mass is 10.1. The van der Waals surface area contributed by atoms with E-state index in [2.05, 4.69) is 4.99 Å². The van der Waals surface area contributed by atoms with Gasteiger partial charge in [-0.2, -0.15) is 0 Å². The summed E-state index contributed by atoms with van der Waals surface area (Å²) in [5.41, 5.74) is -1.35. The molecule has 0 saturated heterocycles. The van der Waals surface area contributed by atoms with E-state index in [0.29, 0.717) is 4.31 Å². The zero-order chi connectivity index (χ0) is 25.9. The lowest BCUT2D eigenvalue weighted by Crippen LogP contribution is -2.31. The number of aliphatic imine (C=N–C) groups is 1. The van der Waals surface area contributed by atoms with Gasteiger partial charge >= 0.3 is 0 Å². The van der Waals surface area contributed by atoms with Crippen LogP contribution in [-0.4, -0.2) is 29.5 Å². The molecule has 0 spiro atoms. The number of rotatable bonds is 8. The first kappa shape index (κ1) is 24.9. The van der Waals surface area contributed by atoms with Crippen LogP contribution in [-0.2, 0) is 10.0 Å². The minimum absolute atomic E-state index is 0.0399. The third-order valence-electron chi connectivity index (χ3n) is 5.08. The number of hydrogen-bond donors (Lipinski definition) is 0. The van der Waals surface area contributed by atoms with Crippen molar-refractivity contribution in [3.05, 3.63) is 102 Å². The monoisotopic (exact) mass is 499 g/mol. The lowest BCUT2D eigenvalue weighted by molar-refractivity contribution is -0.387. The maximum Gasteiger partial charge on any atom is 0.289 e. The number of benzene rings is 3. The summed E-state index contributed by atoms with van der Waals surface area (Å²) in [4.78, 5) is 35.4. The smallest absolute Gasteiger partial charge is 0.258 e. The largest absolute Gasteiger partial charge is 0.289 e. The van der Waals surface area contributed by atoms with Crippen molar-refractivity contribution in [3.8, 4) is 0 Å². The maximum absolute atomic E-state index is 13.6. The Bertz CT molecular complexity index is 1490. The van der Waals surface area contributed by atoms with Crippen LogP contribution in [0.1, 0.15) is 11.1 Å². The van der Waals surface area contributed by atoms with E-state index in [-0.39, 0.29) is 33.9 Å². The van der Waals surface area contributed by atoms with Crippen molar-refractivity contribution < 1.29 is 23.2 Å².